The molecule has 9 nitrogen and oxygen atoms in total. The molecule has 0 unspecified atom stereocenters. The lowest BCUT2D eigenvalue weighted by Crippen LogP contribution is -2.41. The number of nitrogens with one attached hydrogen (secondary N) is 1. The third-order valence-electron chi connectivity index (χ3n) is 2.88. The first kappa shape index (κ1) is 15.3. The van der Waals surface area contributed by atoms with Crippen LogP contribution in [0.15, 0.2) is 17.1 Å². The van der Waals surface area contributed by atoms with Crippen LogP contribution in [0.2, 0.25) is 0 Å². The van der Waals surface area contributed by atoms with Gasteiger partial charge in [0, 0.05) is 6.20 Å². The van der Waals surface area contributed by atoms with E-state index < -0.39 is 42.7 Å². The molecule has 2 rings (SSSR count). The quantitative estimate of drug-likeness (QED) is 0.575. The van der Waals surface area contributed by atoms with Crippen LogP contribution in [0, 0.1) is 0 Å². The van der Waals surface area contributed by atoms with Crippen LogP contribution in [0.3, 0.4) is 0 Å². The second kappa shape index (κ2) is 5.35. The summed E-state index contributed by atoms with van der Waals surface area (Å²) in [5.41, 5.74) is -1.20. The average Bonchev–Trinajstić information content (AvgIpc) is 2.61. The molecule has 1 aliphatic rings. The van der Waals surface area contributed by atoms with Crippen molar-refractivity contribution in [3.8, 4) is 0 Å². The van der Waals surface area contributed by atoms with Gasteiger partial charge in [0.1, 0.15) is 11.9 Å². The summed E-state index contributed by atoms with van der Waals surface area (Å²) in [4.78, 5) is 25.3. The number of aliphatic hydroxyl groups is 2. The Morgan fingerprint density at radius 1 is 1.57 bits per heavy atom. The predicted octanol–water partition coefficient (Wildman–Crippen LogP) is -0.781. The zero-order valence-electron chi connectivity index (χ0n) is 10.3. The molecular weight excluding hydrogens is 296 g/mol. The van der Waals surface area contributed by atoms with E-state index in [0.29, 0.717) is 4.57 Å². The van der Waals surface area contributed by atoms with Crippen molar-refractivity contribution >= 4 is 11.9 Å². The molecule has 0 aliphatic carbocycles. The summed E-state index contributed by atoms with van der Waals surface area (Å²) in [6.07, 6.45) is -6.60. The van der Waals surface area contributed by atoms with Crippen LogP contribution >= 0.6 is 0 Å². The molecule has 1 fully saturated rings. The fourth-order valence-corrected chi connectivity index (χ4v) is 1.89. The molecule has 1 saturated heterocycles. The second-order valence-electron chi connectivity index (χ2n) is 4.26. The van der Waals surface area contributed by atoms with E-state index in [0.717, 1.165) is 12.3 Å². The molecule has 0 bridgehead atoms. The molecule has 0 saturated carbocycles. The molecule has 2 heterocycles. The summed E-state index contributed by atoms with van der Waals surface area (Å²) >= 11 is 0. The summed E-state index contributed by atoms with van der Waals surface area (Å²) < 4.78 is 32.8. The lowest BCUT2D eigenvalue weighted by molar-refractivity contribution is -0.140. The molecule has 0 spiro atoms. The number of rotatable bonds is 3. The largest absolute Gasteiger partial charge is 0.465 e. The van der Waals surface area contributed by atoms with Crippen LogP contribution in [0.5, 0.6) is 0 Å². The number of carboxylic acid groups (broad SMARTS) is 1. The van der Waals surface area contributed by atoms with Crippen molar-refractivity contribution in [2.45, 2.75) is 24.4 Å². The molecule has 1 aromatic rings. The molecule has 1 aromatic heterocycles. The molecule has 11 heteroatoms. The highest BCUT2D eigenvalue weighted by atomic mass is 19.3. The Bertz CT molecular complexity index is 607. The highest BCUT2D eigenvalue weighted by Crippen LogP contribution is 2.41. The minimum absolute atomic E-state index is 0.343. The van der Waals surface area contributed by atoms with Crippen LogP contribution < -0.4 is 11.0 Å². The van der Waals surface area contributed by atoms with E-state index in [1.165, 1.54) is 0 Å². The van der Waals surface area contributed by atoms with Crippen molar-refractivity contribution in [2.75, 3.05) is 11.9 Å². The van der Waals surface area contributed by atoms with E-state index in [9.17, 15) is 23.5 Å². The van der Waals surface area contributed by atoms with E-state index in [1.807, 2.05) is 0 Å². The van der Waals surface area contributed by atoms with Gasteiger partial charge < -0.3 is 20.1 Å². The zero-order valence-corrected chi connectivity index (χ0v) is 10.3. The van der Waals surface area contributed by atoms with E-state index in [-0.39, 0.29) is 5.82 Å². The van der Waals surface area contributed by atoms with Gasteiger partial charge >= 0.3 is 17.7 Å². The normalized spacial score (nSPS) is 27.5. The number of halogens is 2. The second-order valence-corrected chi connectivity index (χ2v) is 4.26. The molecule has 0 aromatic carbocycles. The van der Waals surface area contributed by atoms with E-state index in [2.05, 4.69) is 4.98 Å². The van der Waals surface area contributed by atoms with Crippen molar-refractivity contribution in [3.63, 3.8) is 0 Å². The summed E-state index contributed by atoms with van der Waals surface area (Å²) in [7, 11) is 0. The van der Waals surface area contributed by atoms with Crippen molar-refractivity contribution in [2.24, 2.45) is 0 Å². The lowest BCUT2D eigenvalue weighted by atomic mass is 10.1. The third-order valence-corrected chi connectivity index (χ3v) is 2.88. The van der Waals surface area contributed by atoms with E-state index in [1.54, 1.807) is 5.32 Å². The van der Waals surface area contributed by atoms with Gasteiger partial charge in [-0.05, 0) is 6.07 Å². The number of amides is 1. The number of hydrogen-bond acceptors (Lipinski definition) is 6. The maximum atomic E-state index is 13.8. The molecule has 116 valence electrons. The molecule has 21 heavy (non-hydrogen) atoms. The Kier molecular flexibility index (Phi) is 3.89. The average molecular weight is 307 g/mol. The van der Waals surface area contributed by atoms with E-state index in [4.69, 9.17) is 14.9 Å². The summed E-state index contributed by atoms with van der Waals surface area (Å²) in [6.45, 7) is -0.853. The van der Waals surface area contributed by atoms with Gasteiger partial charge in [-0.2, -0.15) is 13.8 Å². The highest BCUT2D eigenvalue weighted by Gasteiger charge is 2.59. The van der Waals surface area contributed by atoms with Crippen LogP contribution in [-0.2, 0) is 4.74 Å². The Morgan fingerprint density at radius 2 is 2.24 bits per heavy atom. The Labute approximate surface area is 115 Å². The summed E-state index contributed by atoms with van der Waals surface area (Å²) in [6, 6.07) is 0.980. The van der Waals surface area contributed by atoms with Crippen LogP contribution in [0.25, 0.3) is 0 Å². The van der Waals surface area contributed by atoms with Gasteiger partial charge in [0.05, 0.1) is 6.61 Å². The number of aromatic nitrogens is 2. The first-order valence-corrected chi connectivity index (χ1v) is 5.68. The van der Waals surface area contributed by atoms with Crippen molar-refractivity contribution < 1.29 is 33.6 Å². The third kappa shape index (κ3) is 2.70. The van der Waals surface area contributed by atoms with Gasteiger partial charge in [-0.3, -0.25) is 9.88 Å². The fraction of sp³-hybridized carbons (Fsp3) is 0.500. The van der Waals surface area contributed by atoms with Gasteiger partial charge in [0.15, 0.2) is 6.10 Å². The fourth-order valence-electron chi connectivity index (χ4n) is 1.89. The van der Waals surface area contributed by atoms with Gasteiger partial charge in [0.2, 0.25) is 6.23 Å². The first-order chi connectivity index (χ1) is 9.77. The Morgan fingerprint density at radius 3 is 2.71 bits per heavy atom. The number of anilines is 1. The number of aliphatic hydroxyl groups excluding tert-OH is 2. The van der Waals surface area contributed by atoms with Crippen molar-refractivity contribution in [3.05, 3.63) is 22.7 Å². The van der Waals surface area contributed by atoms with Crippen molar-refractivity contribution in [1.29, 1.82) is 0 Å². The topological polar surface area (TPSA) is 134 Å². The Balaban J connectivity index is 2.34. The number of hydrogen-bond donors (Lipinski definition) is 4. The smallest absolute Gasteiger partial charge is 0.410 e. The molecule has 3 atom stereocenters. The van der Waals surface area contributed by atoms with Crippen LogP contribution in [0.1, 0.15) is 6.23 Å². The molecule has 4 N–H and O–H groups in total. The van der Waals surface area contributed by atoms with Crippen molar-refractivity contribution in [1.82, 2.24) is 9.55 Å². The van der Waals surface area contributed by atoms with Gasteiger partial charge in [-0.15, -0.1) is 0 Å². The zero-order chi connectivity index (χ0) is 15.8. The van der Waals surface area contributed by atoms with E-state index >= 15 is 0 Å². The summed E-state index contributed by atoms with van der Waals surface area (Å²) in [5, 5.41) is 28.4. The highest BCUT2D eigenvalue weighted by molar-refractivity contribution is 5.81. The Hall–Kier alpha value is -2.11. The number of carbonyl (C=O) groups is 1. The predicted molar refractivity (Wildman–Crippen MR) is 62.1 cm³/mol. The van der Waals surface area contributed by atoms with Crippen LogP contribution in [-0.4, -0.2) is 55.7 Å². The molecule has 1 amide bonds. The summed E-state index contributed by atoms with van der Waals surface area (Å²) in [5.74, 6) is -4.16. The first-order valence-electron chi connectivity index (χ1n) is 5.68. The van der Waals surface area contributed by atoms with Gasteiger partial charge in [-0.25, -0.2) is 9.59 Å². The molecule has 0 radical (unpaired) electrons. The van der Waals surface area contributed by atoms with Crippen LogP contribution in [0.4, 0.5) is 19.4 Å². The molecule has 1 aliphatic heterocycles. The standard InChI is InChI=1S/C10H11F2N3O6/c11-10(12)6(17)4(3-16)21-7(10)15-2-1-5(13-8(15)18)14-9(19)20/h1-2,4,6-7,16-17H,3H2,(H,19,20)(H,13,14,18)/t4-,6-,7-/m1/s1. The number of nitrogens with zero attached hydrogens (tertiary/aromatic N) is 2. The molecular formula is C10H11F2N3O6. The monoisotopic (exact) mass is 307 g/mol. The minimum Gasteiger partial charge on any atom is -0.465 e. The lowest BCUT2D eigenvalue weighted by Gasteiger charge is -2.21. The van der Waals surface area contributed by atoms with Gasteiger partial charge in [0.25, 0.3) is 0 Å². The minimum atomic E-state index is -3.82. The van der Waals surface area contributed by atoms with Gasteiger partial charge in [-0.1, -0.05) is 0 Å². The maximum absolute atomic E-state index is 13.8. The SMILES string of the molecule is O=C(O)Nc1ccn([C@@H]2O[C@H](CO)[C@@H](O)C2(F)F)c(=O)n1. The number of alkyl halides is 2. The number of ether oxygens (including phenoxy) is 1. The maximum Gasteiger partial charge on any atom is 0.410 e.